The van der Waals surface area contributed by atoms with E-state index in [0.29, 0.717) is 16.2 Å². The minimum atomic E-state index is -3.26. The van der Waals surface area contributed by atoms with Crippen LogP contribution in [-0.4, -0.2) is 19.6 Å². The summed E-state index contributed by atoms with van der Waals surface area (Å²) in [4.78, 5) is 0.750. The molecule has 86 valence electrons. The first kappa shape index (κ1) is 11.4. The first-order valence-corrected chi connectivity index (χ1v) is 6.64. The van der Waals surface area contributed by atoms with Gasteiger partial charge >= 0.3 is 0 Å². The van der Waals surface area contributed by atoms with Gasteiger partial charge in [-0.2, -0.15) is 0 Å². The minimum Gasteiger partial charge on any atom is -0.393 e. The lowest BCUT2D eigenvalue weighted by molar-refractivity contribution is 0.195. The molecule has 1 N–H and O–H groups in total. The normalized spacial score (nSPS) is 19.1. The fraction of sp³-hybridized carbons (Fsp3) is 0.333. The molecule has 1 aliphatic heterocycles. The van der Waals surface area contributed by atoms with Crippen molar-refractivity contribution in [1.82, 2.24) is 0 Å². The van der Waals surface area contributed by atoms with Crippen molar-refractivity contribution < 1.29 is 13.5 Å². The average molecular weight is 238 g/mol. The lowest BCUT2D eigenvalue weighted by atomic mass is 10.1. The molecule has 0 saturated heterocycles. The topological polar surface area (TPSA) is 54.4 Å². The van der Waals surface area contributed by atoms with Crippen molar-refractivity contribution in [1.29, 1.82) is 0 Å². The third-order valence-electron chi connectivity index (χ3n) is 2.68. The van der Waals surface area contributed by atoms with Gasteiger partial charge in [-0.25, -0.2) is 8.42 Å². The van der Waals surface area contributed by atoms with E-state index in [9.17, 15) is 13.5 Å². The molecule has 0 aliphatic carbocycles. The molecule has 1 unspecified atom stereocenters. The largest absolute Gasteiger partial charge is 0.393 e. The summed E-state index contributed by atoms with van der Waals surface area (Å²) in [5.41, 5.74) is 1.59. The second kappa shape index (κ2) is 3.71. The summed E-state index contributed by atoms with van der Waals surface area (Å²) in [6, 6.07) is 5.31. The number of hydrogen-bond donors (Lipinski definition) is 1. The highest BCUT2D eigenvalue weighted by Crippen LogP contribution is 2.33. The predicted molar refractivity (Wildman–Crippen MR) is 62.7 cm³/mol. The maximum absolute atomic E-state index is 11.9. The van der Waals surface area contributed by atoms with Gasteiger partial charge in [-0.1, -0.05) is 12.1 Å². The Labute approximate surface area is 95.3 Å². The van der Waals surface area contributed by atoms with Crippen molar-refractivity contribution in [2.45, 2.75) is 31.3 Å². The number of benzene rings is 1. The molecule has 0 radical (unpaired) electrons. The summed E-state index contributed by atoms with van der Waals surface area (Å²) >= 11 is 0. The SMILES string of the molecule is CC1=Cc2ccc(CC(C)O)cc2S1(=O)=O. The molecule has 1 atom stereocenters. The molecule has 0 fully saturated rings. The smallest absolute Gasteiger partial charge is 0.203 e. The third-order valence-corrected chi connectivity index (χ3v) is 4.58. The lowest BCUT2D eigenvalue weighted by Gasteiger charge is -2.06. The van der Waals surface area contributed by atoms with Crippen LogP contribution in [0.5, 0.6) is 0 Å². The van der Waals surface area contributed by atoms with Crippen LogP contribution in [0.3, 0.4) is 0 Å². The molecule has 1 heterocycles. The van der Waals surface area contributed by atoms with Gasteiger partial charge in [0, 0.05) is 4.91 Å². The van der Waals surface area contributed by atoms with E-state index >= 15 is 0 Å². The monoisotopic (exact) mass is 238 g/mol. The number of hydrogen-bond acceptors (Lipinski definition) is 3. The predicted octanol–water partition coefficient (Wildman–Crippen LogP) is 1.76. The average Bonchev–Trinajstić information content (AvgIpc) is 2.39. The van der Waals surface area contributed by atoms with Gasteiger partial charge in [0.2, 0.25) is 9.84 Å². The molecule has 0 saturated carbocycles. The molecule has 0 aromatic heterocycles. The maximum atomic E-state index is 11.9. The highest BCUT2D eigenvalue weighted by molar-refractivity contribution is 7.95. The van der Waals surface area contributed by atoms with Gasteiger partial charge in [-0.3, -0.25) is 0 Å². The Morgan fingerprint density at radius 3 is 2.69 bits per heavy atom. The first-order chi connectivity index (χ1) is 7.41. The van der Waals surface area contributed by atoms with Crippen molar-refractivity contribution in [3.05, 3.63) is 34.2 Å². The van der Waals surface area contributed by atoms with Gasteiger partial charge in [-0.05, 0) is 43.5 Å². The van der Waals surface area contributed by atoms with Crippen molar-refractivity contribution >= 4 is 15.9 Å². The van der Waals surface area contributed by atoms with Gasteiger partial charge in [0.25, 0.3) is 0 Å². The van der Waals surface area contributed by atoms with Crippen LogP contribution in [0.2, 0.25) is 0 Å². The highest BCUT2D eigenvalue weighted by Gasteiger charge is 2.26. The third kappa shape index (κ3) is 1.79. The van der Waals surface area contributed by atoms with Gasteiger partial charge in [0.05, 0.1) is 11.0 Å². The molecule has 1 aromatic carbocycles. The minimum absolute atomic E-state index is 0.364. The Kier molecular flexibility index (Phi) is 2.64. The quantitative estimate of drug-likeness (QED) is 0.854. The molecule has 0 amide bonds. The van der Waals surface area contributed by atoms with E-state index in [1.807, 2.05) is 6.07 Å². The second-order valence-corrected chi connectivity index (χ2v) is 6.27. The molecule has 1 aromatic rings. The Morgan fingerprint density at radius 1 is 1.38 bits per heavy atom. The number of allylic oxidation sites excluding steroid dienone is 1. The number of rotatable bonds is 2. The zero-order valence-electron chi connectivity index (χ0n) is 9.27. The number of sulfone groups is 1. The lowest BCUT2D eigenvalue weighted by Crippen LogP contribution is -2.05. The van der Waals surface area contributed by atoms with Crippen LogP contribution in [0, 0.1) is 0 Å². The van der Waals surface area contributed by atoms with Gasteiger partial charge < -0.3 is 5.11 Å². The maximum Gasteiger partial charge on any atom is 0.203 e. The Bertz CT molecular complexity index is 554. The summed E-state index contributed by atoms with van der Waals surface area (Å²) in [7, 11) is -3.26. The molecule has 0 bridgehead atoms. The van der Waals surface area contributed by atoms with E-state index in [2.05, 4.69) is 0 Å². The van der Waals surface area contributed by atoms with Crippen molar-refractivity contribution in [2.24, 2.45) is 0 Å². The van der Waals surface area contributed by atoms with Crippen LogP contribution in [0.15, 0.2) is 28.0 Å². The van der Waals surface area contributed by atoms with E-state index in [4.69, 9.17) is 0 Å². The number of aliphatic hydroxyl groups is 1. The van der Waals surface area contributed by atoms with Gasteiger partial charge in [-0.15, -0.1) is 0 Å². The molecule has 3 nitrogen and oxygen atoms in total. The molecule has 16 heavy (non-hydrogen) atoms. The van der Waals surface area contributed by atoms with E-state index < -0.39 is 15.9 Å². The summed E-state index contributed by atoms with van der Waals surface area (Å²) in [5, 5.41) is 9.27. The highest BCUT2D eigenvalue weighted by atomic mass is 32.2. The molecule has 4 heteroatoms. The van der Waals surface area contributed by atoms with Gasteiger partial charge in [0.1, 0.15) is 0 Å². The second-order valence-electron chi connectivity index (χ2n) is 4.18. The summed E-state index contributed by atoms with van der Waals surface area (Å²) in [6.45, 7) is 3.29. The summed E-state index contributed by atoms with van der Waals surface area (Å²) in [6.07, 6.45) is 1.69. The van der Waals surface area contributed by atoms with Crippen LogP contribution >= 0.6 is 0 Å². The van der Waals surface area contributed by atoms with Crippen LogP contribution in [0.4, 0.5) is 0 Å². The summed E-state index contributed by atoms with van der Waals surface area (Å²) in [5.74, 6) is 0. The Hall–Kier alpha value is -1.13. The first-order valence-electron chi connectivity index (χ1n) is 5.15. The zero-order valence-corrected chi connectivity index (χ0v) is 10.1. The number of fused-ring (bicyclic) bond motifs is 1. The fourth-order valence-electron chi connectivity index (χ4n) is 1.87. The van der Waals surface area contributed by atoms with Crippen molar-refractivity contribution in [2.75, 3.05) is 0 Å². The van der Waals surface area contributed by atoms with E-state index in [0.717, 1.165) is 11.1 Å². The zero-order chi connectivity index (χ0) is 11.9. The molecule has 2 rings (SSSR count). The Morgan fingerprint density at radius 2 is 2.06 bits per heavy atom. The fourth-order valence-corrected chi connectivity index (χ4v) is 3.24. The van der Waals surface area contributed by atoms with Crippen molar-refractivity contribution in [3.8, 4) is 0 Å². The van der Waals surface area contributed by atoms with E-state index in [-0.39, 0.29) is 0 Å². The van der Waals surface area contributed by atoms with E-state index in [1.54, 1.807) is 32.1 Å². The molecule has 0 spiro atoms. The van der Waals surface area contributed by atoms with Crippen LogP contribution in [-0.2, 0) is 16.3 Å². The Balaban J connectivity index is 2.49. The standard InChI is InChI=1S/C12H14O3S/c1-8(13)5-10-3-4-11-6-9(2)16(14,15)12(11)7-10/h3-4,6-8,13H,5H2,1-2H3. The van der Waals surface area contributed by atoms with Gasteiger partial charge in [0.15, 0.2) is 0 Å². The van der Waals surface area contributed by atoms with E-state index in [1.165, 1.54) is 0 Å². The van der Waals surface area contributed by atoms with Crippen LogP contribution in [0.25, 0.3) is 6.08 Å². The molecule has 1 aliphatic rings. The summed E-state index contributed by atoms with van der Waals surface area (Å²) < 4.78 is 23.8. The van der Waals surface area contributed by atoms with Crippen LogP contribution < -0.4 is 0 Å². The number of aliphatic hydroxyl groups excluding tert-OH is 1. The molecular formula is C12H14O3S. The van der Waals surface area contributed by atoms with Crippen LogP contribution in [0.1, 0.15) is 25.0 Å². The molecular weight excluding hydrogens is 224 g/mol. The van der Waals surface area contributed by atoms with Crippen molar-refractivity contribution in [3.63, 3.8) is 0 Å².